The van der Waals surface area contributed by atoms with Crippen LogP contribution in [0.2, 0.25) is 0 Å². The molecule has 0 aliphatic carbocycles. The highest BCUT2D eigenvalue weighted by atomic mass is 32.2. The smallest absolute Gasteiger partial charge is 0.265 e. The van der Waals surface area contributed by atoms with Crippen molar-refractivity contribution in [3.63, 3.8) is 0 Å². The maximum atomic E-state index is 12.8. The number of aryl methyl sites for hydroxylation is 1. The van der Waals surface area contributed by atoms with Gasteiger partial charge in [-0.3, -0.25) is 14.6 Å². The van der Waals surface area contributed by atoms with Crippen molar-refractivity contribution in [2.45, 2.75) is 11.8 Å². The molecule has 9 nitrogen and oxygen atoms in total. The van der Waals surface area contributed by atoms with Crippen LogP contribution in [0.15, 0.2) is 45.8 Å². The molecule has 148 valence electrons. The summed E-state index contributed by atoms with van der Waals surface area (Å²) >= 11 is 0. The highest BCUT2D eigenvalue weighted by molar-refractivity contribution is 7.92. The highest BCUT2D eigenvalue weighted by Crippen LogP contribution is 2.30. The van der Waals surface area contributed by atoms with E-state index in [0.29, 0.717) is 17.1 Å². The Bertz CT molecular complexity index is 1100. The number of aromatic amines is 1. The number of hydrogen-bond acceptors (Lipinski definition) is 6. The van der Waals surface area contributed by atoms with E-state index in [-0.39, 0.29) is 27.9 Å². The van der Waals surface area contributed by atoms with Crippen molar-refractivity contribution in [3.8, 4) is 17.2 Å². The summed E-state index contributed by atoms with van der Waals surface area (Å²) in [5.74, 6) is 0.727. The normalized spacial score (nSPS) is 11.3. The number of anilines is 1. The minimum absolute atomic E-state index is 0.0313. The van der Waals surface area contributed by atoms with Crippen LogP contribution < -0.4 is 9.46 Å². The molecule has 0 bridgehead atoms. The molecule has 3 aromatic rings. The molecule has 0 unspecified atom stereocenters. The van der Waals surface area contributed by atoms with E-state index in [1.807, 2.05) is 0 Å². The van der Waals surface area contributed by atoms with Gasteiger partial charge in [-0.15, -0.1) is 0 Å². The largest absolute Gasteiger partial charge is 0.497 e. The van der Waals surface area contributed by atoms with Crippen molar-refractivity contribution >= 4 is 21.6 Å². The maximum Gasteiger partial charge on any atom is 0.265 e. The van der Waals surface area contributed by atoms with E-state index in [4.69, 9.17) is 9.15 Å². The van der Waals surface area contributed by atoms with Crippen LogP contribution in [0.5, 0.6) is 5.75 Å². The van der Waals surface area contributed by atoms with Crippen molar-refractivity contribution in [2.24, 2.45) is 0 Å². The molecule has 0 spiro atoms. The summed E-state index contributed by atoms with van der Waals surface area (Å²) in [5, 5.41) is 6.57. The van der Waals surface area contributed by atoms with Crippen molar-refractivity contribution in [1.29, 1.82) is 0 Å². The lowest BCUT2D eigenvalue weighted by Gasteiger charge is -2.09. The molecule has 1 aromatic carbocycles. The number of carbonyl (C=O) groups is 1. The quantitative estimate of drug-likeness (QED) is 0.652. The van der Waals surface area contributed by atoms with Crippen LogP contribution in [0, 0.1) is 6.92 Å². The Morgan fingerprint density at radius 2 is 1.93 bits per heavy atom. The lowest BCUT2D eigenvalue weighted by Crippen LogP contribution is -2.21. The number of furan rings is 1. The van der Waals surface area contributed by atoms with Crippen LogP contribution in [0.25, 0.3) is 11.5 Å². The number of sulfonamides is 1. The van der Waals surface area contributed by atoms with E-state index in [0.717, 1.165) is 0 Å². The summed E-state index contributed by atoms with van der Waals surface area (Å²) in [4.78, 5) is 13.6. The molecule has 0 aliphatic heterocycles. The van der Waals surface area contributed by atoms with Crippen LogP contribution in [-0.4, -0.2) is 50.6 Å². The van der Waals surface area contributed by atoms with Gasteiger partial charge in [0, 0.05) is 25.8 Å². The molecular formula is C18H20N4O5S. The molecule has 2 heterocycles. The van der Waals surface area contributed by atoms with Crippen LogP contribution in [0.3, 0.4) is 0 Å². The monoisotopic (exact) mass is 404 g/mol. The molecule has 0 fully saturated rings. The zero-order valence-corrected chi connectivity index (χ0v) is 16.6. The molecule has 3 rings (SSSR count). The van der Waals surface area contributed by atoms with Gasteiger partial charge < -0.3 is 14.1 Å². The summed E-state index contributed by atoms with van der Waals surface area (Å²) in [6.45, 7) is 1.54. The number of H-pyrrole nitrogens is 1. The minimum Gasteiger partial charge on any atom is -0.497 e. The number of ether oxygens (including phenoxy) is 1. The average Bonchev–Trinajstić information content (AvgIpc) is 3.28. The van der Waals surface area contributed by atoms with Gasteiger partial charge in [-0.1, -0.05) is 0 Å². The van der Waals surface area contributed by atoms with Gasteiger partial charge in [-0.05, 0) is 31.2 Å². The lowest BCUT2D eigenvalue weighted by molar-refractivity contribution is 0.0828. The second-order valence-corrected chi connectivity index (χ2v) is 7.87. The second-order valence-electron chi connectivity index (χ2n) is 6.22. The molecule has 1 amide bonds. The number of carbonyl (C=O) groups excluding carboxylic acids is 1. The molecule has 0 atom stereocenters. The Hall–Kier alpha value is -3.27. The summed E-state index contributed by atoms with van der Waals surface area (Å²) in [5.41, 5.74) is 0.978. The summed E-state index contributed by atoms with van der Waals surface area (Å²) in [6.07, 6.45) is 1.37. The Morgan fingerprint density at radius 1 is 1.25 bits per heavy atom. The van der Waals surface area contributed by atoms with E-state index in [2.05, 4.69) is 14.9 Å². The van der Waals surface area contributed by atoms with Crippen LogP contribution in [-0.2, 0) is 10.0 Å². The van der Waals surface area contributed by atoms with E-state index in [1.54, 1.807) is 38.4 Å². The number of aromatic nitrogens is 2. The Balaban J connectivity index is 1.93. The molecular weight excluding hydrogens is 384 g/mol. The maximum absolute atomic E-state index is 12.8. The fraction of sp³-hybridized carbons (Fsp3) is 0.222. The van der Waals surface area contributed by atoms with E-state index < -0.39 is 10.0 Å². The fourth-order valence-corrected chi connectivity index (χ4v) is 3.84. The number of nitrogens with one attached hydrogen (secondary N) is 2. The molecule has 28 heavy (non-hydrogen) atoms. The van der Waals surface area contributed by atoms with E-state index >= 15 is 0 Å². The van der Waals surface area contributed by atoms with Gasteiger partial charge in [0.05, 0.1) is 18.9 Å². The Morgan fingerprint density at radius 3 is 2.54 bits per heavy atom. The van der Waals surface area contributed by atoms with Crippen molar-refractivity contribution in [3.05, 3.63) is 47.9 Å². The molecule has 0 radical (unpaired) electrons. The van der Waals surface area contributed by atoms with E-state index in [1.165, 1.54) is 31.2 Å². The van der Waals surface area contributed by atoms with Gasteiger partial charge in [-0.25, -0.2) is 8.42 Å². The fourth-order valence-electron chi connectivity index (χ4n) is 2.60. The Kier molecular flexibility index (Phi) is 5.14. The third-order valence-corrected chi connectivity index (χ3v) is 5.52. The zero-order chi connectivity index (χ0) is 20.5. The molecule has 2 aromatic heterocycles. The number of rotatable bonds is 6. The van der Waals surface area contributed by atoms with Crippen LogP contribution >= 0.6 is 0 Å². The number of hydrogen-bond donors (Lipinski definition) is 2. The Labute approximate surface area is 162 Å². The first kappa shape index (κ1) is 19.5. The standard InChI is InChI=1S/C18H20N4O5S/c1-11-16(28(24,25)21-12-5-7-13(26-4)8-6-12)9-15(27-11)17-14(10-19-20-17)18(23)22(2)3/h5-10,21H,1-4H3,(H,19,20). The summed E-state index contributed by atoms with van der Waals surface area (Å²) in [7, 11) is 0.855. The van der Waals surface area contributed by atoms with Gasteiger partial charge in [0.25, 0.3) is 15.9 Å². The SMILES string of the molecule is COc1ccc(NS(=O)(=O)c2cc(-c3[nH]ncc3C(=O)N(C)C)oc2C)cc1. The summed E-state index contributed by atoms with van der Waals surface area (Å²) in [6, 6.07) is 7.84. The molecule has 2 N–H and O–H groups in total. The van der Waals surface area contributed by atoms with Gasteiger partial charge in [0.2, 0.25) is 0 Å². The lowest BCUT2D eigenvalue weighted by atomic mass is 10.2. The van der Waals surface area contributed by atoms with E-state index in [9.17, 15) is 13.2 Å². The topological polar surface area (TPSA) is 118 Å². The molecule has 0 aliphatic rings. The van der Waals surface area contributed by atoms with Crippen molar-refractivity contribution in [1.82, 2.24) is 15.1 Å². The third-order valence-electron chi connectivity index (χ3n) is 4.03. The number of amides is 1. The van der Waals surface area contributed by atoms with Crippen molar-refractivity contribution in [2.75, 3.05) is 25.9 Å². The van der Waals surface area contributed by atoms with Gasteiger partial charge >= 0.3 is 0 Å². The highest BCUT2D eigenvalue weighted by Gasteiger charge is 2.25. The van der Waals surface area contributed by atoms with Gasteiger partial charge in [-0.2, -0.15) is 5.10 Å². The first-order valence-corrected chi connectivity index (χ1v) is 9.74. The zero-order valence-electron chi connectivity index (χ0n) is 15.8. The first-order chi connectivity index (χ1) is 13.2. The average molecular weight is 404 g/mol. The first-order valence-electron chi connectivity index (χ1n) is 8.25. The number of nitrogens with zero attached hydrogens (tertiary/aromatic N) is 2. The predicted molar refractivity (Wildman–Crippen MR) is 103 cm³/mol. The van der Waals surface area contributed by atoms with Gasteiger partial charge in [0.15, 0.2) is 5.76 Å². The third kappa shape index (κ3) is 3.72. The predicted octanol–water partition coefficient (Wildman–Crippen LogP) is 2.49. The molecule has 0 saturated heterocycles. The molecule has 0 saturated carbocycles. The molecule has 10 heteroatoms. The number of benzene rings is 1. The summed E-state index contributed by atoms with van der Waals surface area (Å²) < 4.78 is 38.7. The van der Waals surface area contributed by atoms with Crippen LogP contribution in [0.1, 0.15) is 16.1 Å². The number of methoxy groups -OCH3 is 1. The van der Waals surface area contributed by atoms with Crippen LogP contribution in [0.4, 0.5) is 5.69 Å². The van der Waals surface area contributed by atoms with Crippen molar-refractivity contribution < 1.29 is 22.4 Å². The minimum atomic E-state index is -3.90. The second kappa shape index (κ2) is 7.39. The van der Waals surface area contributed by atoms with Gasteiger partial charge in [0.1, 0.15) is 22.1 Å².